The van der Waals surface area contributed by atoms with E-state index in [1.165, 1.54) is 6.33 Å². The molecule has 1 fully saturated rings. The topological polar surface area (TPSA) is 158 Å². The quantitative estimate of drug-likeness (QED) is 0.387. The van der Waals surface area contributed by atoms with Gasteiger partial charge in [0.15, 0.2) is 0 Å². The van der Waals surface area contributed by atoms with Gasteiger partial charge in [-0.1, -0.05) is 0 Å². The molecule has 0 spiro atoms. The fraction of sp³-hybridized carbons (Fsp3) is 0.333. The number of carboxylic acids is 1. The number of carbonyl (C=O) groups is 1. The molecule has 4 rings (SSSR count). The minimum atomic E-state index is -3.55. The summed E-state index contributed by atoms with van der Waals surface area (Å²) < 4.78 is 13.2. The van der Waals surface area contributed by atoms with Gasteiger partial charge in [-0.05, 0) is 0 Å². The molecule has 5 N–H and O–H groups in total. The van der Waals surface area contributed by atoms with Crippen LogP contribution in [-0.2, 0) is 27.0 Å². The molecule has 2 atom stereocenters. The van der Waals surface area contributed by atoms with Crippen LogP contribution >= 0.6 is 7.87 Å². The van der Waals surface area contributed by atoms with Gasteiger partial charge in [0.1, 0.15) is 0 Å². The number of nitrogens with two attached hydrogens (primary N) is 1. The Morgan fingerprint density at radius 3 is 2.83 bits per heavy atom. The van der Waals surface area contributed by atoms with Crippen molar-refractivity contribution in [1.29, 1.82) is 0 Å². The van der Waals surface area contributed by atoms with E-state index in [4.69, 9.17) is 15.0 Å². The van der Waals surface area contributed by atoms with Gasteiger partial charge in [-0.2, -0.15) is 0 Å². The molecule has 0 unspecified atom stereocenters. The van der Waals surface area contributed by atoms with Gasteiger partial charge in [0.05, 0.1) is 0 Å². The number of rotatable bonds is 7. The van der Waals surface area contributed by atoms with Crippen molar-refractivity contribution in [2.75, 3.05) is 18.7 Å². The first-order valence-electron chi connectivity index (χ1n) is 9.37. The molecule has 0 amide bonds. The second-order valence-electron chi connectivity index (χ2n) is 7.08. The normalized spacial score (nSPS) is 20.6. The van der Waals surface area contributed by atoms with Gasteiger partial charge in [0.25, 0.3) is 0 Å². The standard InChI is InChI=1S/C18H23N6O5P/c19-16-15-17(21-9-20-16)24(10-22-15)7-13-8-29-30(27,11-28-13)23-14(18(25)26)6-12-4-2-1-3-5-12/h1-5,9-10,13-14,23,27,30H,6-8,11H2,(H,25,26)(H2,19,20,21)/t13-,14-/m0/s1. The maximum absolute atomic E-state index is 11.7. The SMILES string of the molecule is Nc1ncnc2c1ncn2C[C@H]1CO[PH](O)(N[C@@H](Cc2ccccc2)C(=O)O)CO1. The van der Waals surface area contributed by atoms with E-state index in [1.807, 2.05) is 30.3 Å². The van der Waals surface area contributed by atoms with Gasteiger partial charge in [-0.3, -0.25) is 0 Å². The molecule has 1 aliphatic rings. The number of hydrogen-bond acceptors (Lipinski definition) is 9. The van der Waals surface area contributed by atoms with Crippen LogP contribution in [0.3, 0.4) is 0 Å². The Hall–Kier alpha value is -2.69. The number of nitrogen functional groups attached to an aromatic ring is 1. The summed E-state index contributed by atoms with van der Waals surface area (Å²) in [5.41, 5.74) is 7.73. The van der Waals surface area contributed by atoms with E-state index in [1.54, 1.807) is 10.9 Å². The molecule has 1 saturated heterocycles. The fourth-order valence-electron chi connectivity index (χ4n) is 3.31. The van der Waals surface area contributed by atoms with Gasteiger partial charge in [-0.15, -0.1) is 0 Å². The number of imidazole rings is 1. The van der Waals surface area contributed by atoms with Crippen LogP contribution in [0.1, 0.15) is 5.56 Å². The minimum absolute atomic E-state index is 0.0972. The summed E-state index contributed by atoms with van der Waals surface area (Å²) in [6.45, 7) is 0.497. The van der Waals surface area contributed by atoms with Gasteiger partial charge >= 0.3 is 172 Å². The van der Waals surface area contributed by atoms with Gasteiger partial charge in [-0.25, -0.2) is 0 Å². The number of aliphatic carboxylic acids is 1. The fourth-order valence-corrected chi connectivity index (χ4v) is 5.26. The molecule has 0 radical (unpaired) electrons. The van der Waals surface area contributed by atoms with Crippen LogP contribution in [0.5, 0.6) is 0 Å². The van der Waals surface area contributed by atoms with Crippen LogP contribution in [0.25, 0.3) is 11.2 Å². The second kappa shape index (κ2) is 8.58. The summed E-state index contributed by atoms with van der Waals surface area (Å²) in [5, 5.41) is 12.3. The molecule has 11 nitrogen and oxygen atoms in total. The van der Waals surface area contributed by atoms with Crippen LogP contribution in [0.15, 0.2) is 43.0 Å². The van der Waals surface area contributed by atoms with Crippen LogP contribution in [-0.4, -0.2) is 60.6 Å². The number of nitrogens with one attached hydrogen (secondary N) is 1. The molecule has 1 aliphatic heterocycles. The summed E-state index contributed by atoms with van der Waals surface area (Å²) in [7, 11) is -3.55. The van der Waals surface area contributed by atoms with E-state index in [9.17, 15) is 14.8 Å². The van der Waals surface area contributed by atoms with Crippen molar-refractivity contribution in [1.82, 2.24) is 24.6 Å². The summed E-state index contributed by atoms with van der Waals surface area (Å²) >= 11 is 0. The molecular weight excluding hydrogens is 411 g/mol. The number of benzene rings is 1. The first-order valence-corrected chi connectivity index (χ1v) is 11.4. The van der Waals surface area contributed by atoms with Crippen molar-refractivity contribution >= 4 is 30.8 Å². The zero-order valence-electron chi connectivity index (χ0n) is 16.0. The number of hydrogen-bond donors (Lipinski definition) is 4. The molecule has 1 aromatic carbocycles. The van der Waals surface area contributed by atoms with Gasteiger partial charge in [0, 0.05) is 0 Å². The van der Waals surface area contributed by atoms with Gasteiger partial charge < -0.3 is 0 Å². The Morgan fingerprint density at radius 2 is 2.13 bits per heavy atom. The van der Waals surface area contributed by atoms with E-state index < -0.39 is 19.9 Å². The molecule has 0 aliphatic carbocycles. The Bertz CT molecular complexity index is 1020. The average Bonchev–Trinajstić information content (AvgIpc) is 3.14. The van der Waals surface area contributed by atoms with Crippen LogP contribution in [0, 0.1) is 0 Å². The predicted octanol–water partition coefficient (Wildman–Crippen LogP) is 0.554. The van der Waals surface area contributed by atoms with E-state index >= 15 is 0 Å². The monoisotopic (exact) mass is 434 g/mol. The molecule has 0 bridgehead atoms. The Balaban J connectivity index is 1.37. The number of nitrogens with zero attached hydrogens (tertiary/aromatic N) is 4. The van der Waals surface area contributed by atoms with E-state index in [2.05, 4.69) is 20.0 Å². The van der Waals surface area contributed by atoms with Crippen LogP contribution < -0.4 is 10.8 Å². The maximum atomic E-state index is 11.7. The van der Waals surface area contributed by atoms with Crippen molar-refractivity contribution in [2.24, 2.45) is 0 Å². The third-order valence-electron chi connectivity index (χ3n) is 4.83. The first kappa shape index (κ1) is 20.6. The third-order valence-corrected chi connectivity index (χ3v) is 6.83. The second-order valence-corrected chi connectivity index (χ2v) is 9.52. The van der Waals surface area contributed by atoms with Crippen molar-refractivity contribution in [2.45, 2.75) is 25.1 Å². The molecule has 160 valence electrons. The summed E-state index contributed by atoms with van der Waals surface area (Å²) in [6, 6.07) is 8.22. The summed E-state index contributed by atoms with van der Waals surface area (Å²) in [5.74, 6) is -0.767. The summed E-state index contributed by atoms with van der Waals surface area (Å²) in [6.07, 6.45) is 2.73. The molecule has 30 heavy (non-hydrogen) atoms. The Labute approximate surface area is 172 Å². The van der Waals surface area contributed by atoms with E-state index in [-0.39, 0.29) is 25.5 Å². The molecule has 0 saturated carbocycles. The van der Waals surface area contributed by atoms with Crippen molar-refractivity contribution in [3.05, 3.63) is 48.5 Å². The number of carboxylic acid groups (broad SMARTS) is 1. The molecule has 3 heterocycles. The van der Waals surface area contributed by atoms with E-state index in [0.717, 1.165) is 5.56 Å². The Morgan fingerprint density at radius 1 is 1.33 bits per heavy atom. The number of ether oxygens (including phenoxy) is 1. The predicted molar refractivity (Wildman–Crippen MR) is 111 cm³/mol. The molecule has 2 aromatic heterocycles. The van der Waals surface area contributed by atoms with Crippen molar-refractivity contribution < 1.29 is 24.1 Å². The zero-order valence-corrected chi connectivity index (χ0v) is 17.0. The van der Waals surface area contributed by atoms with Crippen molar-refractivity contribution in [3.8, 4) is 0 Å². The van der Waals surface area contributed by atoms with Crippen LogP contribution in [0.4, 0.5) is 5.82 Å². The number of anilines is 1. The molecule has 3 aromatic rings. The van der Waals surface area contributed by atoms with Gasteiger partial charge in [0.2, 0.25) is 0 Å². The number of fused-ring (bicyclic) bond motifs is 1. The zero-order chi connectivity index (χ0) is 21.1. The van der Waals surface area contributed by atoms with E-state index in [0.29, 0.717) is 23.5 Å². The summed E-state index contributed by atoms with van der Waals surface area (Å²) in [4.78, 5) is 34.8. The molecular formula is C18H23N6O5P. The molecule has 12 heteroatoms. The first-order chi connectivity index (χ1) is 14.4. The average molecular weight is 434 g/mol. The van der Waals surface area contributed by atoms with Crippen molar-refractivity contribution in [3.63, 3.8) is 0 Å². The van der Waals surface area contributed by atoms with Crippen LogP contribution in [0.2, 0.25) is 0 Å². The third kappa shape index (κ3) is 4.55. The number of aromatic nitrogens is 4. The Kier molecular flexibility index (Phi) is 5.89.